The fourth-order valence-corrected chi connectivity index (χ4v) is 2.22. The van der Waals surface area contributed by atoms with Gasteiger partial charge in [0.25, 0.3) is 5.91 Å². The number of ether oxygens (including phenoxy) is 1. The number of nitrogens with two attached hydrogens (primary N) is 1. The van der Waals surface area contributed by atoms with Gasteiger partial charge in [0.15, 0.2) is 6.61 Å². The molecular formula is C19H20N2O4. The number of rotatable bonds is 9. The zero-order valence-electron chi connectivity index (χ0n) is 13.8. The van der Waals surface area contributed by atoms with Crippen LogP contribution < -0.4 is 10.5 Å². The Morgan fingerprint density at radius 3 is 2.32 bits per heavy atom. The van der Waals surface area contributed by atoms with E-state index in [4.69, 9.17) is 10.5 Å². The van der Waals surface area contributed by atoms with E-state index < -0.39 is 5.91 Å². The molecule has 0 fully saturated rings. The normalized spacial score (nSPS) is 10.1. The summed E-state index contributed by atoms with van der Waals surface area (Å²) in [5.74, 6) is -0.214. The van der Waals surface area contributed by atoms with Crippen LogP contribution in [0.4, 0.5) is 0 Å². The van der Waals surface area contributed by atoms with E-state index in [2.05, 4.69) is 0 Å². The van der Waals surface area contributed by atoms with Crippen molar-refractivity contribution in [1.29, 1.82) is 0 Å². The molecule has 2 amide bonds. The Morgan fingerprint density at radius 1 is 1.04 bits per heavy atom. The van der Waals surface area contributed by atoms with Gasteiger partial charge in [-0.05, 0) is 29.8 Å². The second-order valence-corrected chi connectivity index (χ2v) is 5.49. The lowest BCUT2D eigenvalue weighted by atomic mass is 10.2. The van der Waals surface area contributed by atoms with E-state index in [-0.39, 0.29) is 25.5 Å². The maximum absolute atomic E-state index is 12.4. The third-order valence-electron chi connectivity index (χ3n) is 3.58. The highest BCUT2D eigenvalue weighted by atomic mass is 16.5. The van der Waals surface area contributed by atoms with Crippen molar-refractivity contribution in [3.63, 3.8) is 0 Å². The van der Waals surface area contributed by atoms with Crippen LogP contribution in [0, 0.1) is 0 Å². The van der Waals surface area contributed by atoms with Crippen molar-refractivity contribution in [2.75, 3.05) is 13.2 Å². The predicted octanol–water partition coefficient (Wildman–Crippen LogP) is 1.78. The maximum atomic E-state index is 12.4. The van der Waals surface area contributed by atoms with E-state index in [0.717, 1.165) is 11.8 Å². The molecule has 0 atom stereocenters. The van der Waals surface area contributed by atoms with Gasteiger partial charge >= 0.3 is 0 Å². The largest absolute Gasteiger partial charge is 0.484 e. The molecule has 2 aromatic rings. The molecule has 0 saturated carbocycles. The summed E-state index contributed by atoms with van der Waals surface area (Å²) in [5.41, 5.74) is 6.68. The number of primary amides is 1. The number of nitrogens with zero attached hydrogens (tertiary/aromatic N) is 1. The van der Waals surface area contributed by atoms with Gasteiger partial charge in [-0.1, -0.05) is 30.3 Å². The molecule has 6 nitrogen and oxygen atoms in total. The van der Waals surface area contributed by atoms with Gasteiger partial charge in [0.05, 0.1) is 0 Å². The monoisotopic (exact) mass is 340 g/mol. The van der Waals surface area contributed by atoms with Gasteiger partial charge in [0.1, 0.15) is 12.0 Å². The molecule has 2 aromatic carbocycles. The van der Waals surface area contributed by atoms with Crippen LogP contribution >= 0.6 is 0 Å². The Kier molecular flexibility index (Phi) is 6.71. The fraction of sp³-hybridized carbons (Fsp3) is 0.211. The van der Waals surface area contributed by atoms with Crippen molar-refractivity contribution in [3.8, 4) is 5.75 Å². The zero-order valence-corrected chi connectivity index (χ0v) is 13.8. The second-order valence-electron chi connectivity index (χ2n) is 5.49. The van der Waals surface area contributed by atoms with E-state index in [1.807, 2.05) is 30.3 Å². The fourth-order valence-electron chi connectivity index (χ4n) is 2.22. The van der Waals surface area contributed by atoms with E-state index in [9.17, 15) is 14.4 Å². The van der Waals surface area contributed by atoms with Gasteiger partial charge in [-0.15, -0.1) is 0 Å². The summed E-state index contributed by atoms with van der Waals surface area (Å²) in [5, 5.41) is 0. The molecule has 0 saturated heterocycles. The molecule has 2 rings (SSSR count). The summed E-state index contributed by atoms with van der Waals surface area (Å²) in [4.78, 5) is 35.7. The number of hydrogen-bond donors (Lipinski definition) is 1. The van der Waals surface area contributed by atoms with E-state index in [0.29, 0.717) is 17.9 Å². The van der Waals surface area contributed by atoms with Crippen molar-refractivity contribution in [3.05, 3.63) is 65.7 Å². The first kappa shape index (κ1) is 18.2. The number of carbonyl (C=O) groups is 3. The Hall–Kier alpha value is -3.15. The van der Waals surface area contributed by atoms with Crippen LogP contribution in [0.2, 0.25) is 0 Å². The molecule has 0 aromatic heterocycles. The Morgan fingerprint density at radius 2 is 1.72 bits per heavy atom. The first-order valence-electron chi connectivity index (χ1n) is 7.86. The van der Waals surface area contributed by atoms with Crippen LogP contribution in [0.15, 0.2) is 54.6 Å². The SMILES string of the molecule is NC(=O)CCN(Cc1ccccc1)C(=O)COc1ccc(C=O)cc1. The summed E-state index contributed by atoms with van der Waals surface area (Å²) in [7, 11) is 0. The van der Waals surface area contributed by atoms with Crippen molar-refractivity contribution in [2.45, 2.75) is 13.0 Å². The lowest BCUT2D eigenvalue weighted by Crippen LogP contribution is -2.36. The molecule has 0 radical (unpaired) electrons. The molecule has 25 heavy (non-hydrogen) atoms. The third kappa shape index (κ3) is 6.10. The summed E-state index contributed by atoms with van der Waals surface area (Å²) in [6.45, 7) is 0.447. The average molecular weight is 340 g/mol. The quantitative estimate of drug-likeness (QED) is 0.705. The first-order chi connectivity index (χ1) is 12.1. The molecule has 2 N–H and O–H groups in total. The van der Waals surface area contributed by atoms with E-state index in [1.54, 1.807) is 29.2 Å². The minimum atomic E-state index is -0.462. The van der Waals surface area contributed by atoms with E-state index >= 15 is 0 Å². The van der Waals surface area contributed by atoms with Crippen LogP contribution in [0.1, 0.15) is 22.3 Å². The minimum Gasteiger partial charge on any atom is -0.484 e. The van der Waals surface area contributed by atoms with Gasteiger partial charge in [-0.3, -0.25) is 14.4 Å². The van der Waals surface area contributed by atoms with Crippen LogP contribution in [-0.4, -0.2) is 36.2 Å². The molecule has 0 unspecified atom stereocenters. The molecule has 0 spiro atoms. The van der Waals surface area contributed by atoms with Gasteiger partial charge in [0.2, 0.25) is 5.91 Å². The summed E-state index contributed by atoms with van der Waals surface area (Å²) < 4.78 is 5.47. The van der Waals surface area contributed by atoms with Crippen LogP contribution in [-0.2, 0) is 16.1 Å². The van der Waals surface area contributed by atoms with Crippen LogP contribution in [0.5, 0.6) is 5.75 Å². The van der Waals surface area contributed by atoms with Crippen LogP contribution in [0.3, 0.4) is 0 Å². The minimum absolute atomic E-state index is 0.0899. The summed E-state index contributed by atoms with van der Waals surface area (Å²) in [6, 6.07) is 16.0. The maximum Gasteiger partial charge on any atom is 0.260 e. The molecule has 0 bridgehead atoms. The van der Waals surface area contributed by atoms with Crippen molar-refractivity contribution in [2.24, 2.45) is 5.73 Å². The van der Waals surface area contributed by atoms with Crippen molar-refractivity contribution in [1.82, 2.24) is 4.90 Å². The molecule has 0 aliphatic carbocycles. The Labute approximate surface area is 146 Å². The van der Waals surface area contributed by atoms with Crippen molar-refractivity contribution < 1.29 is 19.1 Å². The molecule has 0 heterocycles. The van der Waals surface area contributed by atoms with Gasteiger partial charge in [-0.25, -0.2) is 0 Å². The number of aldehydes is 1. The summed E-state index contributed by atoms with van der Waals surface area (Å²) in [6.07, 6.45) is 0.826. The van der Waals surface area contributed by atoms with Crippen molar-refractivity contribution >= 4 is 18.1 Å². The van der Waals surface area contributed by atoms with Gasteiger partial charge < -0.3 is 15.4 Å². The smallest absolute Gasteiger partial charge is 0.260 e. The third-order valence-corrected chi connectivity index (χ3v) is 3.58. The topological polar surface area (TPSA) is 89.7 Å². The molecule has 0 aliphatic rings. The first-order valence-corrected chi connectivity index (χ1v) is 7.86. The number of amides is 2. The van der Waals surface area contributed by atoms with Crippen LogP contribution in [0.25, 0.3) is 0 Å². The molecule has 6 heteroatoms. The van der Waals surface area contributed by atoms with Gasteiger partial charge in [-0.2, -0.15) is 0 Å². The van der Waals surface area contributed by atoms with E-state index in [1.165, 1.54) is 0 Å². The second kappa shape index (κ2) is 9.22. The Balaban J connectivity index is 1.97. The average Bonchev–Trinajstić information content (AvgIpc) is 2.64. The number of benzene rings is 2. The highest BCUT2D eigenvalue weighted by molar-refractivity contribution is 5.79. The molecular weight excluding hydrogens is 320 g/mol. The van der Waals surface area contributed by atoms with Gasteiger partial charge in [0, 0.05) is 25.1 Å². The Bertz CT molecular complexity index is 714. The highest BCUT2D eigenvalue weighted by Gasteiger charge is 2.15. The summed E-state index contributed by atoms with van der Waals surface area (Å²) >= 11 is 0. The lowest BCUT2D eigenvalue weighted by molar-refractivity contribution is -0.134. The number of carbonyl (C=O) groups excluding carboxylic acids is 3. The highest BCUT2D eigenvalue weighted by Crippen LogP contribution is 2.12. The zero-order chi connectivity index (χ0) is 18.1. The standard InChI is InChI=1S/C19H20N2O4/c20-18(23)10-11-21(12-15-4-2-1-3-5-15)19(24)14-25-17-8-6-16(13-22)7-9-17/h1-9,13H,10-12,14H2,(H2,20,23). The number of hydrogen-bond acceptors (Lipinski definition) is 4. The molecule has 130 valence electrons. The lowest BCUT2D eigenvalue weighted by Gasteiger charge is -2.22. The predicted molar refractivity (Wildman–Crippen MR) is 93.0 cm³/mol. The molecule has 0 aliphatic heterocycles.